The number of nitrogens with one attached hydrogen (secondary N) is 1. The van der Waals surface area contributed by atoms with Gasteiger partial charge < -0.3 is 20.1 Å². The molecule has 3 N–H and O–H groups in total. The van der Waals surface area contributed by atoms with Crippen molar-refractivity contribution < 1.29 is 59.4 Å². The molecule has 296 valence electrons. The van der Waals surface area contributed by atoms with Crippen molar-refractivity contribution in [1.29, 1.82) is 0 Å². The van der Waals surface area contributed by atoms with Crippen molar-refractivity contribution >= 4 is 67.1 Å². The third-order valence-electron chi connectivity index (χ3n) is 8.03. The second kappa shape index (κ2) is 17.5. The molecule has 1 aliphatic heterocycles. The number of carboxylic acid groups (broad SMARTS) is 2. The number of alkyl halides is 6. The number of amides is 1. The van der Waals surface area contributed by atoms with Crippen LogP contribution in [0.4, 0.5) is 32.0 Å². The van der Waals surface area contributed by atoms with Gasteiger partial charge in [0.2, 0.25) is 5.91 Å². The summed E-state index contributed by atoms with van der Waals surface area (Å²) in [5.41, 5.74) is 2.40. The molecule has 1 aromatic carbocycles. The lowest BCUT2D eigenvalue weighted by molar-refractivity contribution is -0.193. The zero-order chi connectivity index (χ0) is 40.0. The van der Waals surface area contributed by atoms with Gasteiger partial charge in [-0.1, -0.05) is 18.2 Å². The maximum atomic E-state index is 13.7. The predicted octanol–water partition coefficient (Wildman–Crippen LogP) is 5.43. The van der Waals surface area contributed by atoms with Crippen LogP contribution in [0.3, 0.4) is 0 Å². The molecule has 1 aliphatic carbocycles. The van der Waals surface area contributed by atoms with Gasteiger partial charge in [-0.3, -0.25) is 18.9 Å². The van der Waals surface area contributed by atoms with Crippen LogP contribution in [-0.4, -0.2) is 127 Å². The molecule has 0 radical (unpaired) electrons. The highest BCUT2D eigenvalue weighted by Gasteiger charge is 2.39. The number of H-pyrrole nitrogens is 1. The van der Waals surface area contributed by atoms with E-state index in [-0.39, 0.29) is 5.91 Å². The first-order valence-corrected chi connectivity index (χ1v) is 19.2. The van der Waals surface area contributed by atoms with Crippen molar-refractivity contribution in [2.24, 2.45) is 5.92 Å². The first kappa shape index (κ1) is 42.5. The van der Waals surface area contributed by atoms with Crippen LogP contribution in [-0.2, 0) is 31.0 Å². The number of thiophene rings is 1. The molecule has 2 aliphatic rings. The van der Waals surface area contributed by atoms with Crippen LogP contribution in [0.25, 0.3) is 21.6 Å². The molecule has 1 saturated carbocycles. The van der Waals surface area contributed by atoms with E-state index in [9.17, 15) is 39.6 Å². The molecule has 13 nitrogen and oxygen atoms in total. The van der Waals surface area contributed by atoms with E-state index in [0.29, 0.717) is 28.9 Å². The van der Waals surface area contributed by atoms with Crippen LogP contribution in [0.5, 0.6) is 0 Å². The van der Waals surface area contributed by atoms with E-state index < -0.39 is 34.3 Å². The van der Waals surface area contributed by atoms with Gasteiger partial charge in [0.15, 0.2) is 0 Å². The molecule has 3 aromatic heterocycles. The van der Waals surface area contributed by atoms with Crippen molar-refractivity contribution in [2.75, 3.05) is 57.7 Å². The third-order valence-corrected chi connectivity index (χ3v) is 12.2. The number of benzene rings is 1. The number of sulfonamides is 1. The van der Waals surface area contributed by atoms with Gasteiger partial charge in [0.05, 0.1) is 23.4 Å². The van der Waals surface area contributed by atoms with Crippen LogP contribution in [0.2, 0.25) is 0 Å². The number of anilines is 1. The molecular formula is C32H36F6N6O7S3. The minimum absolute atomic E-state index is 0.141. The Labute approximate surface area is 313 Å². The average Bonchev–Trinajstić information content (AvgIpc) is 3.45. The average molecular weight is 827 g/mol. The van der Waals surface area contributed by atoms with Crippen LogP contribution in [0.1, 0.15) is 17.7 Å². The molecule has 0 spiro atoms. The summed E-state index contributed by atoms with van der Waals surface area (Å²) in [4.78, 5) is 45.5. The van der Waals surface area contributed by atoms with Crippen LogP contribution >= 0.6 is 22.7 Å². The number of carbonyl (C=O) groups is 3. The van der Waals surface area contributed by atoms with Crippen LogP contribution in [0, 0.1) is 5.92 Å². The summed E-state index contributed by atoms with van der Waals surface area (Å²) in [6.07, 6.45) is -6.10. The number of rotatable bonds is 10. The summed E-state index contributed by atoms with van der Waals surface area (Å²) in [5.74, 6) is -4.97. The second-order valence-electron chi connectivity index (χ2n) is 12.4. The number of thiazole rings is 1. The number of aliphatic carboxylic acids is 2. The number of hydrogen-bond donors (Lipinski definition) is 3. The van der Waals surface area contributed by atoms with Gasteiger partial charge in [0, 0.05) is 69.8 Å². The zero-order valence-electron chi connectivity index (χ0n) is 28.7. The summed E-state index contributed by atoms with van der Waals surface area (Å²) in [7, 11) is -0.0577. The molecule has 4 aromatic rings. The molecule has 1 saturated heterocycles. The van der Waals surface area contributed by atoms with Gasteiger partial charge in [-0.15, -0.1) is 22.7 Å². The van der Waals surface area contributed by atoms with Crippen LogP contribution < -0.4 is 4.31 Å². The second-order valence-corrected chi connectivity index (χ2v) is 16.6. The highest BCUT2D eigenvalue weighted by Crippen LogP contribution is 2.39. The summed E-state index contributed by atoms with van der Waals surface area (Å²) in [6, 6.07) is 11.4. The van der Waals surface area contributed by atoms with E-state index in [4.69, 9.17) is 24.8 Å². The fraction of sp³-hybridized carbons (Fsp3) is 0.438. The Morgan fingerprint density at radius 3 is 2.06 bits per heavy atom. The lowest BCUT2D eigenvalue weighted by atomic mass is 10.2. The molecule has 22 heteroatoms. The minimum Gasteiger partial charge on any atom is -0.475 e. The molecule has 0 bridgehead atoms. The number of hydrogen-bond acceptors (Lipinski definition) is 10. The molecule has 54 heavy (non-hydrogen) atoms. The third kappa shape index (κ3) is 11.6. The number of carboxylic acids is 2. The fourth-order valence-corrected chi connectivity index (χ4v) is 8.59. The summed E-state index contributed by atoms with van der Waals surface area (Å²) in [5, 5.41) is 17.9. The Morgan fingerprint density at radius 2 is 1.54 bits per heavy atom. The maximum absolute atomic E-state index is 13.7. The van der Waals surface area contributed by atoms with E-state index in [1.54, 1.807) is 46.8 Å². The van der Waals surface area contributed by atoms with Crippen molar-refractivity contribution in [3.05, 3.63) is 52.9 Å². The van der Waals surface area contributed by atoms with Gasteiger partial charge >= 0.3 is 24.3 Å². The number of para-hydroxylation sites is 1. The Kier molecular flexibility index (Phi) is 13.8. The molecule has 0 atom stereocenters. The number of likely N-dealkylation sites (N-methyl/N-ethyl adjacent to an activating group) is 1. The van der Waals surface area contributed by atoms with Gasteiger partial charge in [-0.05, 0) is 42.3 Å². The van der Waals surface area contributed by atoms with Crippen molar-refractivity contribution in [3.8, 4) is 10.7 Å². The number of aromatic nitrogens is 2. The first-order chi connectivity index (χ1) is 25.2. The van der Waals surface area contributed by atoms with Gasteiger partial charge in [0.25, 0.3) is 10.0 Å². The van der Waals surface area contributed by atoms with E-state index >= 15 is 0 Å². The first-order valence-electron chi connectivity index (χ1n) is 16.0. The van der Waals surface area contributed by atoms with E-state index in [2.05, 4.69) is 20.9 Å². The van der Waals surface area contributed by atoms with Gasteiger partial charge in [-0.2, -0.15) is 26.3 Å². The van der Waals surface area contributed by atoms with Crippen molar-refractivity contribution in [2.45, 2.75) is 35.9 Å². The highest BCUT2D eigenvalue weighted by atomic mass is 32.2. The topological polar surface area (TPSA) is 167 Å². The number of carbonyl (C=O) groups excluding carboxylic acids is 1. The van der Waals surface area contributed by atoms with E-state index in [1.165, 1.54) is 16.2 Å². The quantitative estimate of drug-likeness (QED) is 0.176. The fourth-order valence-electron chi connectivity index (χ4n) is 5.01. The standard InChI is InChI=1S/C28H34N6O3S3.2C2HF3O2/c1-31(2)25(35)19-33-12-10-32(11-13-33)18-22-16-29-28(39-22)23-15-21-5-3-6-24(27(21)30-23)34(17-20-8-9-20)40(36,37)26-7-4-14-38-26;2*3-2(4,5)1(6)7/h3-7,14-16,20,30H,8-13,17-19H2,1-2H3;2*(H,6,7). The largest absolute Gasteiger partial charge is 0.490 e. The number of fused-ring (bicyclic) bond motifs is 1. The number of piperazine rings is 1. The van der Waals surface area contributed by atoms with Crippen LogP contribution in [0.15, 0.2) is 52.2 Å². The van der Waals surface area contributed by atoms with E-state index in [0.717, 1.165) is 67.2 Å². The number of nitrogens with zero attached hydrogens (tertiary/aromatic N) is 5. The lowest BCUT2D eigenvalue weighted by Crippen LogP contribution is -2.48. The summed E-state index contributed by atoms with van der Waals surface area (Å²) < 4.78 is 92.8. The Balaban J connectivity index is 0.000000396. The lowest BCUT2D eigenvalue weighted by Gasteiger charge is -2.34. The summed E-state index contributed by atoms with van der Waals surface area (Å²) >= 11 is 2.92. The van der Waals surface area contributed by atoms with Gasteiger partial charge in [0.1, 0.15) is 9.22 Å². The minimum atomic E-state index is -5.08. The summed E-state index contributed by atoms with van der Waals surface area (Å²) in [6.45, 7) is 5.38. The predicted molar refractivity (Wildman–Crippen MR) is 189 cm³/mol. The molecular weight excluding hydrogens is 791 g/mol. The number of halogens is 6. The molecule has 0 unspecified atom stereocenters. The molecule has 4 heterocycles. The Hall–Kier alpha value is -4.25. The van der Waals surface area contributed by atoms with E-state index in [1.807, 2.05) is 29.8 Å². The van der Waals surface area contributed by atoms with Gasteiger partial charge in [-0.25, -0.2) is 23.0 Å². The molecule has 1 amide bonds. The number of aromatic amines is 1. The SMILES string of the molecule is CN(C)C(=O)CN1CCN(Cc2cnc(-c3cc4cccc(N(CC5CC5)S(=O)(=O)c5cccs5)c4[nH]3)s2)CC1.O=C(O)C(F)(F)F.O=C(O)C(F)(F)F. The Bertz CT molecular complexity index is 1980. The maximum Gasteiger partial charge on any atom is 0.490 e. The Morgan fingerprint density at radius 1 is 0.944 bits per heavy atom. The molecule has 2 fully saturated rings. The van der Waals surface area contributed by atoms with Crippen molar-refractivity contribution in [1.82, 2.24) is 24.7 Å². The highest BCUT2D eigenvalue weighted by molar-refractivity contribution is 7.94. The molecule has 6 rings (SSSR count). The monoisotopic (exact) mass is 826 g/mol. The zero-order valence-corrected chi connectivity index (χ0v) is 31.2. The van der Waals surface area contributed by atoms with Crippen molar-refractivity contribution in [3.63, 3.8) is 0 Å². The normalized spacial score (nSPS) is 15.5. The smallest absolute Gasteiger partial charge is 0.475 e.